The number of fused-ring (bicyclic) bond motifs is 2. The zero-order valence-corrected chi connectivity index (χ0v) is 19.0. The van der Waals surface area contributed by atoms with Gasteiger partial charge in [-0.1, -0.05) is 12.1 Å². The summed E-state index contributed by atoms with van der Waals surface area (Å²) in [6.07, 6.45) is 1.68. The van der Waals surface area contributed by atoms with Gasteiger partial charge in [0, 0.05) is 12.1 Å². The molecule has 0 radical (unpaired) electrons. The molecule has 2 aromatic heterocycles. The molecule has 1 amide bonds. The molecular formula is C26H23N3O6. The van der Waals surface area contributed by atoms with Crippen LogP contribution in [0, 0.1) is 5.92 Å². The van der Waals surface area contributed by atoms with Crippen molar-refractivity contribution in [3.05, 3.63) is 58.6 Å². The van der Waals surface area contributed by atoms with Crippen molar-refractivity contribution in [1.82, 2.24) is 9.55 Å². The highest BCUT2D eigenvalue weighted by atomic mass is 16.5. The third-order valence-electron chi connectivity index (χ3n) is 6.42. The second kappa shape index (κ2) is 8.19. The second-order valence-corrected chi connectivity index (χ2v) is 8.78. The lowest BCUT2D eigenvalue weighted by molar-refractivity contribution is 0.151. The lowest BCUT2D eigenvalue weighted by Crippen LogP contribution is -2.22. The molecule has 1 aliphatic heterocycles. The van der Waals surface area contributed by atoms with Crippen LogP contribution in [0.3, 0.4) is 0 Å². The van der Waals surface area contributed by atoms with Gasteiger partial charge in [-0.15, -0.1) is 0 Å². The zero-order valence-electron chi connectivity index (χ0n) is 19.0. The summed E-state index contributed by atoms with van der Waals surface area (Å²) in [7, 11) is 0. The van der Waals surface area contributed by atoms with Crippen molar-refractivity contribution in [1.29, 1.82) is 0 Å². The van der Waals surface area contributed by atoms with Gasteiger partial charge in [-0.3, -0.25) is 9.88 Å². The monoisotopic (exact) mass is 473 g/mol. The van der Waals surface area contributed by atoms with E-state index in [1.165, 1.54) is 0 Å². The molecule has 2 aliphatic rings. The number of carbonyl (C=O) groups is 1. The summed E-state index contributed by atoms with van der Waals surface area (Å²) in [5.74, 6) is 1.01. The maximum absolute atomic E-state index is 12.2. The van der Waals surface area contributed by atoms with Gasteiger partial charge in [0.2, 0.25) is 0 Å². The topological polar surface area (TPSA) is 116 Å². The molecule has 0 bridgehead atoms. The van der Waals surface area contributed by atoms with Crippen molar-refractivity contribution in [3.8, 4) is 33.9 Å². The average Bonchev–Trinajstić information content (AvgIpc) is 3.62. The number of oxazole rings is 1. The first-order chi connectivity index (χ1) is 17.0. The van der Waals surface area contributed by atoms with Gasteiger partial charge in [-0.05, 0) is 67.1 Å². The summed E-state index contributed by atoms with van der Waals surface area (Å²) in [5, 5.41) is 13.4. The number of carbonyl (C=O) groups excluding carboxylic acids is 1. The number of ether oxygens (including phenoxy) is 2. The molecule has 4 aromatic rings. The second-order valence-electron chi connectivity index (χ2n) is 8.78. The fourth-order valence-corrected chi connectivity index (χ4v) is 4.40. The van der Waals surface area contributed by atoms with E-state index >= 15 is 0 Å². The summed E-state index contributed by atoms with van der Waals surface area (Å²) in [6.45, 7) is 2.98. The van der Waals surface area contributed by atoms with Gasteiger partial charge in [0.1, 0.15) is 23.9 Å². The van der Waals surface area contributed by atoms with E-state index in [2.05, 4.69) is 10.3 Å². The van der Waals surface area contributed by atoms with Crippen LogP contribution in [0.15, 0.2) is 51.7 Å². The Labute approximate surface area is 199 Å². The molecule has 6 rings (SSSR count). The zero-order chi connectivity index (χ0) is 24.1. The summed E-state index contributed by atoms with van der Waals surface area (Å²) < 4.78 is 18.3. The van der Waals surface area contributed by atoms with Crippen LogP contribution in [0.2, 0.25) is 0 Å². The molecule has 0 spiro atoms. The van der Waals surface area contributed by atoms with Crippen LogP contribution in [-0.2, 0) is 17.9 Å². The number of rotatable bonds is 6. The number of pyridine rings is 1. The molecule has 178 valence electrons. The van der Waals surface area contributed by atoms with E-state index in [-0.39, 0.29) is 12.4 Å². The van der Waals surface area contributed by atoms with Crippen LogP contribution in [-0.4, -0.2) is 27.4 Å². The molecule has 2 aromatic carbocycles. The number of hydrogen-bond donors (Lipinski definition) is 2. The summed E-state index contributed by atoms with van der Waals surface area (Å²) in [4.78, 5) is 28.8. The number of benzene rings is 2. The van der Waals surface area contributed by atoms with Crippen molar-refractivity contribution in [3.63, 3.8) is 0 Å². The van der Waals surface area contributed by atoms with E-state index < -0.39 is 11.8 Å². The Balaban J connectivity index is 1.53. The Kier molecular flexibility index (Phi) is 4.98. The lowest BCUT2D eigenvalue weighted by Gasteiger charge is -2.22. The minimum absolute atomic E-state index is 0.0246. The average molecular weight is 473 g/mol. The molecular weight excluding hydrogens is 450 g/mol. The van der Waals surface area contributed by atoms with Gasteiger partial charge in [0.15, 0.2) is 5.58 Å². The molecule has 2 N–H and O–H groups in total. The van der Waals surface area contributed by atoms with Crippen molar-refractivity contribution < 1.29 is 23.8 Å². The Hall–Kier alpha value is -4.27. The molecule has 0 saturated heterocycles. The van der Waals surface area contributed by atoms with Gasteiger partial charge in [-0.25, -0.2) is 14.6 Å². The molecule has 1 fully saturated rings. The number of aromatic hydroxyl groups is 1. The fourth-order valence-electron chi connectivity index (χ4n) is 4.40. The van der Waals surface area contributed by atoms with Gasteiger partial charge < -0.3 is 19.0 Å². The first-order valence-corrected chi connectivity index (χ1v) is 11.6. The minimum Gasteiger partial charge on any atom is -0.507 e. The summed E-state index contributed by atoms with van der Waals surface area (Å²) in [6, 6.07) is 12.4. The van der Waals surface area contributed by atoms with E-state index in [9.17, 15) is 14.7 Å². The molecule has 0 atom stereocenters. The van der Waals surface area contributed by atoms with Gasteiger partial charge in [-0.2, -0.15) is 0 Å². The Morgan fingerprint density at radius 3 is 2.86 bits per heavy atom. The number of nitrogens with zero attached hydrogens (tertiary/aromatic N) is 2. The molecule has 9 nitrogen and oxygen atoms in total. The van der Waals surface area contributed by atoms with Crippen molar-refractivity contribution in [2.45, 2.75) is 32.9 Å². The van der Waals surface area contributed by atoms with Crippen LogP contribution in [0.5, 0.6) is 11.5 Å². The highest BCUT2D eigenvalue weighted by molar-refractivity contribution is 5.92. The number of hydrogen-bond acceptors (Lipinski definition) is 7. The number of phenols is 1. The van der Waals surface area contributed by atoms with Gasteiger partial charge in [0.25, 0.3) is 0 Å². The molecule has 35 heavy (non-hydrogen) atoms. The highest BCUT2D eigenvalue weighted by Crippen LogP contribution is 2.42. The van der Waals surface area contributed by atoms with Crippen molar-refractivity contribution >= 4 is 23.0 Å². The van der Waals surface area contributed by atoms with Crippen molar-refractivity contribution in [2.75, 3.05) is 11.9 Å². The molecule has 3 heterocycles. The maximum Gasteiger partial charge on any atom is 0.419 e. The SMILES string of the molecule is CCn1c(=O)oc2cc(-c3cc(-c4c(O)cccc4OCC4CC4)nc4c3COC(=O)N4)ccc21. The van der Waals surface area contributed by atoms with Crippen LogP contribution in [0.1, 0.15) is 25.3 Å². The van der Waals surface area contributed by atoms with Crippen LogP contribution < -0.4 is 15.8 Å². The van der Waals surface area contributed by atoms with E-state index in [0.29, 0.717) is 58.6 Å². The maximum atomic E-state index is 12.2. The number of aromatic nitrogens is 2. The predicted octanol–water partition coefficient (Wildman–Crippen LogP) is 4.90. The molecule has 1 saturated carbocycles. The number of cyclic esters (lactones) is 1. The van der Waals surface area contributed by atoms with E-state index in [1.807, 2.05) is 25.1 Å². The number of aryl methyl sites for hydroxylation is 1. The van der Waals surface area contributed by atoms with Crippen LogP contribution in [0.4, 0.5) is 10.6 Å². The third-order valence-corrected chi connectivity index (χ3v) is 6.42. The molecule has 1 aliphatic carbocycles. The molecule has 0 unspecified atom stereocenters. The summed E-state index contributed by atoms with van der Waals surface area (Å²) in [5.41, 5.74) is 4.21. The number of amides is 1. The normalized spacial score (nSPS) is 14.9. The number of nitrogens with one attached hydrogen (secondary N) is 1. The predicted molar refractivity (Wildman–Crippen MR) is 129 cm³/mol. The Morgan fingerprint density at radius 1 is 1.20 bits per heavy atom. The lowest BCUT2D eigenvalue weighted by atomic mass is 9.97. The van der Waals surface area contributed by atoms with E-state index in [4.69, 9.17) is 13.9 Å². The smallest absolute Gasteiger partial charge is 0.419 e. The van der Waals surface area contributed by atoms with Crippen molar-refractivity contribution in [2.24, 2.45) is 5.92 Å². The quantitative estimate of drug-likeness (QED) is 0.409. The minimum atomic E-state index is -0.600. The fraction of sp³-hybridized carbons (Fsp3) is 0.269. The Morgan fingerprint density at radius 2 is 2.06 bits per heavy atom. The Bertz CT molecular complexity index is 1530. The third kappa shape index (κ3) is 3.78. The van der Waals surface area contributed by atoms with E-state index in [0.717, 1.165) is 24.0 Å². The van der Waals surface area contributed by atoms with Crippen LogP contribution in [0.25, 0.3) is 33.5 Å². The first-order valence-electron chi connectivity index (χ1n) is 11.6. The number of phenolic OH excluding ortho intramolecular Hbond substituents is 1. The molecule has 9 heteroatoms. The highest BCUT2D eigenvalue weighted by Gasteiger charge is 2.26. The number of anilines is 1. The summed E-state index contributed by atoms with van der Waals surface area (Å²) >= 11 is 0. The standard InChI is InChI=1S/C26H23N3O6/c1-2-29-19-9-8-15(10-22(19)35-26(29)32)16-11-18(27-24-17(16)13-34-25(31)28-24)23-20(30)4-3-5-21(23)33-12-14-6-7-14/h3-5,8-11,14,30H,2,6-7,12-13H2,1H3,(H,27,28,31). The largest absolute Gasteiger partial charge is 0.507 e. The first kappa shape index (κ1) is 21.3. The van der Waals surface area contributed by atoms with Gasteiger partial charge in [0.05, 0.1) is 23.4 Å². The van der Waals surface area contributed by atoms with Gasteiger partial charge >= 0.3 is 11.8 Å². The van der Waals surface area contributed by atoms with Crippen LogP contribution >= 0.6 is 0 Å². The van der Waals surface area contributed by atoms with E-state index in [1.54, 1.807) is 28.8 Å².